The van der Waals surface area contributed by atoms with Gasteiger partial charge in [0.05, 0.1) is 37.3 Å². The second-order valence-corrected chi connectivity index (χ2v) is 9.46. The number of aryl methyl sites for hydroxylation is 1. The molecule has 2 aliphatic heterocycles. The first-order valence-electron chi connectivity index (χ1n) is 11.9. The van der Waals surface area contributed by atoms with E-state index in [1.807, 2.05) is 18.2 Å². The fraction of sp³-hybridized carbons (Fsp3) is 0.417. The lowest BCUT2D eigenvalue weighted by Gasteiger charge is -2.40. The van der Waals surface area contributed by atoms with Crippen molar-refractivity contribution in [3.05, 3.63) is 36.3 Å². The molecule has 37 heavy (non-hydrogen) atoms. The number of aromatic nitrogens is 5. The predicted octanol–water partition coefficient (Wildman–Crippen LogP) is 1.66. The Balaban J connectivity index is 1.47. The summed E-state index contributed by atoms with van der Waals surface area (Å²) in [6.45, 7) is 5.04. The van der Waals surface area contributed by atoms with Crippen LogP contribution in [0.5, 0.6) is 5.75 Å². The van der Waals surface area contributed by atoms with E-state index in [0.29, 0.717) is 67.2 Å². The third-order valence-corrected chi connectivity index (χ3v) is 6.40. The summed E-state index contributed by atoms with van der Waals surface area (Å²) in [5.41, 5.74) is 1.67. The van der Waals surface area contributed by atoms with E-state index in [2.05, 4.69) is 37.8 Å². The Hall–Kier alpha value is -4.26. The minimum absolute atomic E-state index is 0.0306. The van der Waals surface area contributed by atoms with Crippen LogP contribution >= 0.6 is 0 Å². The Labute approximate surface area is 213 Å². The molecule has 0 saturated carbocycles. The number of ether oxygens (including phenoxy) is 2. The number of hydrogen-bond acceptors (Lipinski definition) is 9. The van der Waals surface area contributed by atoms with Gasteiger partial charge in [0.15, 0.2) is 23.1 Å². The normalized spacial score (nSPS) is 16.5. The van der Waals surface area contributed by atoms with Gasteiger partial charge in [-0.3, -0.25) is 14.4 Å². The number of nitrogens with zero attached hydrogens (tertiary/aromatic N) is 7. The van der Waals surface area contributed by atoms with E-state index in [9.17, 15) is 9.59 Å². The summed E-state index contributed by atoms with van der Waals surface area (Å²) in [6, 6.07) is 6.99. The van der Waals surface area contributed by atoms with Crippen LogP contribution in [0.15, 0.2) is 30.6 Å². The maximum Gasteiger partial charge on any atom is 0.325 e. The van der Waals surface area contributed by atoms with Crippen LogP contribution in [0.3, 0.4) is 0 Å². The standard InChI is InChI=1S/C24H29N9O4/c1-24(12-37-13-24)11-32-8-9-33(23(32)35)18-10-17(19(29-28-18)22(34)25-2)27-16-7-5-6-15(20(16)36-4)21-26-14-31(3)30-21/h5-7,10,14H,8-9,11-13H2,1-4H3,(H,25,34)(H,27,28). The Morgan fingerprint density at radius 1 is 1.22 bits per heavy atom. The number of amides is 3. The van der Waals surface area contributed by atoms with Crippen LogP contribution < -0.4 is 20.3 Å². The van der Waals surface area contributed by atoms with Crippen molar-refractivity contribution in [1.82, 2.24) is 35.2 Å². The van der Waals surface area contributed by atoms with Crippen LogP contribution in [-0.4, -0.2) is 88.8 Å². The molecule has 2 aliphatic rings. The molecular weight excluding hydrogens is 478 g/mol. The molecule has 0 unspecified atom stereocenters. The number of methoxy groups -OCH3 is 1. The minimum atomic E-state index is -0.421. The van der Waals surface area contributed by atoms with Gasteiger partial charge in [0.2, 0.25) is 0 Å². The topological polar surface area (TPSA) is 140 Å². The zero-order valence-electron chi connectivity index (χ0n) is 21.2. The van der Waals surface area contributed by atoms with Gasteiger partial charge in [0.25, 0.3) is 5.91 Å². The van der Waals surface area contributed by atoms with Gasteiger partial charge in [-0.15, -0.1) is 10.2 Å². The average Bonchev–Trinajstić information content (AvgIpc) is 3.47. The third-order valence-electron chi connectivity index (χ3n) is 6.40. The van der Waals surface area contributed by atoms with E-state index in [4.69, 9.17) is 9.47 Å². The predicted molar refractivity (Wildman–Crippen MR) is 135 cm³/mol. The Kier molecular flexibility index (Phi) is 6.38. The van der Waals surface area contributed by atoms with Gasteiger partial charge in [-0.25, -0.2) is 9.78 Å². The van der Waals surface area contributed by atoms with Gasteiger partial charge in [-0.2, -0.15) is 5.10 Å². The molecule has 2 aromatic heterocycles. The number of benzene rings is 1. The highest BCUT2D eigenvalue weighted by Crippen LogP contribution is 2.37. The van der Waals surface area contributed by atoms with Crippen LogP contribution in [0.4, 0.5) is 22.0 Å². The number of para-hydroxylation sites is 1. The summed E-state index contributed by atoms with van der Waals surface area (Å²) in [7, 11) is 4.85. The van der Waals surface area contributed by atoms with Gasteiger partial charge in [0.1, 0.15) is 6.33 Å². The number of nitrogens with one attached hydrogen (secondary N) is 2. The lowest BCUT2D eigenvalue weighted by molar-refractivity contribution is -0.109. The van der Waals surface area contributed by atoms with Crippen LogP contribution in [0.25, 0.3) is 11.4 Å². The summed E-state index contributed by atoms with van der Waals surface area (Å²) >= 11 is 0. The van der Waals surface area contributed by atoms with Gasteiger partial charge >= 0.3 is 6.03 Å². The molecule has 0 atom stereocenters. The molecule has 1 aromatic carbocycles. The molecule has 0 bridgehead atoms. The van der Waals surface area contributed by atoms with Crippen molar-refractivity contribution >= 4 is 29.1 Å². The van der Waals surface area contributed by atoms with E-state index in [-0.39, 0.29) is 17.1 Å². The number of carbonyl (C=O) groups excluding carboxylic acids is 2. The number of urea groups is 1. The van der Waals surface area contributed by atoms with Gasteiger partial charge in [-0.05, 0) is 12.1 Å². The quantitative estimate of drug-likeness (QED) is 0.466. The highest BCUT2D eigenvalue weighted by Gasteiger charge is 2.40. The maximum absolute atomic E-state index is 13.2. The van der Waals surface area contributed by atoms with Crippen molar-refractivity contribution < 1.29 is 19.1 Å². The highest BCUT2D eigenvalue weighted by molar-refractivity contribution is 6.00. The number of hydrogen-bond donors (Lipinski definition) is 2. The molecule has 4 heterocycles. The summed E-state index contributed by atoms with van der Waals surface area (Å²) in [6.07, 6.45) is 1.60. The van der Waals surface area contributed by atoms with E-state index in [1.165, 1.54) is 7.05 Å². The minimum Gasteiger partial charge on any atom is -0.494 e. The molecule has 5 rings (SSSR count). The maximum atomic E-state index is 13.2. The first-order chi connectivity index (χ1) is 17.8. The first kappa shape index (κ1) is 24.4. The average molecular weight is 508 g/mol. The van der Waals surface area contributed by atoms with Crippen LogP contribution in [0, 0.1) is 5.41 Å². The van der Waals surface area contributed by atoms with E-state index >= 15 is 0 Å². The Morgan fingerprint density at radius 2 is 2.03 bits per heavy atom. The number of rotatable bonds is 8. The molecule has 3 aromatic rings. The van der Waals surface area contributed by atoms with Crippen molar-refractivity contribution in [2.24, 2.45) is 12.5 Å². The molecule has 2 N–H and O–H groups in total. The number of anilines is 3. The van der Waals surface area contributed by atoms with Crippen LogP contribution in [0.2, 0.25) is 0 Å². The highest BCUT2D eigenvalue weighted by atomic mass is 16.5. The molecule has 13 heteroatoms. The molecule has 3 amide bonds. The summed E-state index contributed by atoms with van der Waals surface area (Å²) in [5, 5.41) is 18.6. The second kappa shape index (κ2) is 9.65. The van der Waals surface area contributed by atoms with Crippen LogP contribution in [0.1, 0.15) is 17.4 Å². The van der Waals surface area contributed by atoms with Crippen LogP contribution in [-0.2, 0) is 11.8 Å². The van der Waals surface area contributed by atoms with Crippen molar-refractivity contribution in [3.63, 3.8) is 0 Å². The fourth-order valence-corrected chi connectivity index (χ4v) is 4.48. The van der Waals surface area contributed by atoms with Crippen molar-refractivity contribution in [2.75, 3.05) is 57.2 Å². The molecule has 2 fully saturated rings. The van der Waals surface area contributed by atoms with Gasteiger partial charge in [-0.1, -0.05) is 13.0 Å². The van der Waals surface area contributed by atoms with E-state index in [0.717, 1.165) is 0 Å². The zero-order chi connectivity index (χ0) is 26.2. The Morgan fingerprint density at radius 3 is 2.68 bits per heavy atom. The summed E-state index contributed by atoms with van der Waals surface area (Å²) < 4.78 is 12.6. The van der Waals surface area contributed by atoms with Crippen molar-refractivity contribution in [1.29, 1.82) is 0 Å². The molecule has 194 valence electrons. The summed E-state index contributed by atoms with van der Waals surface area (Å²) in [4.78, 5) is 33.5. The molecule has 13 nitrogen and oxygen atoms in total. The molecular formula is C24H29N9O4. The van der Waals surface area contributed by atoms with Gasteiger partial charge in [0, 0.05) is 45.2 Å². The van der Waals surface area contributed by atoms with Crippen molar-refractivity contribution in [3.8, 4) is 17.1 Å². The largest absolute Gasteiger partial charge is 0.494 e. The van der Waals surface area contributed by atoms with E-state index < -0.39 is 5.91 Å². The Bertz CT molecular complexity index is 1340. The zero-order valence-corrected chi connectivity index (χ0v) is 21.2. The molecule has 0 spiro atoms. The van der Waals surface area contributed by atoms with Crippen molar-refractivity contribution in [2.45, 2.75) is 6.92 Å². The third kappa shape index (κ3) is 4.65. The van der Waals surface area contributed by atoms with E-state index in [1.54, 1.807) is 41.0 Å². The lowest BCUT2D eigenvalue weighted by Crippen LogP contribution is -2.49. The summed E-state index contributed by atoms with van der Waals surface area (Å²) in [5.74, 6) is 0.917. The second-order valence-electron chi connectivity index (χ2n) is 9.46. The number of carbonyl (C=O) groups is 2. The smallest absolute Gasteiger partial charge is 0.325 e. The monoisotopic (exact) mass is 507 g/mol. The molecule has 0 radical (unpaired) electrons. The SMILES string of the molecule is CNC(=O)c1nnc(N2CCN(CC3(C)COC3)C2=O)cc1Nc1cccc(-c2ncn(C)n2)c1OC. The lowest BCUT2D eigenvalue weighted by atomic mass is 9.88. The fourth-order valence-electron chi connectivity index (χ4n) is 4.48. The van der Waals surface area contributed by atoms with Gasteiger partial charge < -0.3 is 25.0 Å². The first-order valence-corrected chi connectivity index (χ1v) is 11.9. The molecule has 2 saturated heterocycles. The molecule has 0 aliphatic carbocycles.